The Morgan fingerprint density at radius 1 is 1.50 bits per heavy atom. The van der Waals surface area contributed by atoms with Gasteiger partial charge < -0.3 is 14.9 Å². The molecule has 0 atom stereocenters. The van der Waals surface area contributed by atoms with Crippen LogP contribution in [0.15, 0.2) is 6.07 Å². The molecule has 2 rings (SSSR count). The van der Waals surface area contributed by atoms with E-state index in [1.54, 1.807) is 0 Å². The average molecular weight is 169 g/mol. The molecule has 1 aliphatic rings. The van der Waals surface area contributed by atoms with Gasteiger partial charge in [0.05, 0.1) is 4.92 Å². The van der Waals surface area contributed by atoms with Crippen LogP contribution in [0.3, 0.4) is 0 Å². The summed E-state index contributed by atoms with van der Waals surface area (Å²) >= 11 is 0. The summed E-state index contributed by atoms with van der Waals surface area (Å²) in [7, 11) is 0. The number of nitro benzene ring substituents is 1. The predicted octanol–water partition coefficient (Wildman–Crippen LogP) is 1.11. The standard InChI is InChI=1S/C6H3NO5/c8-2-1-3-6(12-3)4(5(2)9)7(10)11/h1,8-9H. The van der Waals surface area contributed by atoms with Crippen molar-refractivity contribution in [3.8, 4) is 23.0 Å². The lowest BCUT2D eigenvalue weighted by Gasteiger charge is -1.92. The van der Waals surface area contributed by atoms with Gasteiger partial charge in [0.15, 0.2) is 11.5 Å². The van der Waals surface area contributed by atoms with Gasteiger partial charge in [0.25, 0.3) is 5.75 Å². The Morgan fingerprint density at radius 3 is 2.75 bits per heavy atom. The summed E-state index contributed by atoms with van der Waals surface area (Å²) in [6.45, 7) is 0. The van der Waals surface area contributed by atoms with E-state index in [0.29, 0.717) is 0 Å². The largest absolute Gasteiger partial charge is 0.504 e. The van der Waals surface area contributed by atoms with Gasteiger partial charge in [-0.15, -0.1) is 0 Å². The highest BCUT2D eigenvalue weighted by atomic mass is 16.6. The molecular weight excluding hydrogens is 166 g/mol. The van der Waals surface area contributed by atoms with Crippen molar-refractivity contribution >= 4 is 5.69 Å². The third-order valence-electron chi connectivity index (χ3n) is 1.53. The first-order valence-electron chi connectivity index (χ1n) is 3.02. The van der Waals surface area contributed by atoms with Crippen LogP contribution < -0.4 is 4.74 Å². The number of phenolic OH excluding ortho intramolecular Hbond substituents is 2. The smallest absolute Gasteiger partial charge is 0.360 e. The van der Waals surface area contributed by atoms with Crippen molar-refractivity contribution in [1.29, 1.82) is 0 Å². The number of nitro groups is 1. The van der Waals surface area contributed by atoms with Gasteiger partial charge >= 0.3 is 5.69 Å². The average Bonchev–Trinajstić information content (AvgIpc) is 2.67. The first-order chi connectivity index (χ1) is 5.61. The molecule has 0 radical (unpaired) electrons. The lowest BCUT2D eigenvalue weighted by atomic mass is 10.3. The second-order valence-electron chi connectivity index (χ2n) is 2.28. The lowest BCUT2D eigenvalue weighted by Crippen LogP contribution is -1.85. The highest BCUT2D eigenvalue weighted by Gasteiger charge is 2.38. The minimum absolute atomic E-state index is 0.0234. The Kier molecular flexibility index (Phi) is 0.999. The zero-order chi connectivity index (χ0) is 8.88. The molecular formula is C6H3NO5. The number of fused-ring (bicyclic) bond motifs is 1. The van der Waals surface area contributed by atoms with E-state index in [1.807, 2.05) is 0 Å². The van der Waals surface area contributed by atoms with Gasteiger partial charge in [0.2, 0.25) is 5.75 Å². The van der Waals surface area contributed by atoms with E-state index in [4.69, 9.17) is 10.2 Å². The van der Waals surface area contributed by atoms with Crippen LogP contribution in [0.4, 0.5) is 5.69 Å². The maximum Gasteiger partial charge on any atom is 0.360 e. The van der Waals surface area contributed by atoms with E-state index in [-0.39, 0.29) is 11.5 Å². The minimum atomic E-state index is -0.805. The van der Waals surface area contributed by atoms with Gasteiger partial charge in [-0.3, -0.25) is 10.1 Å². The molecule has 0 aliphatic carbocycles. The summed E-state index contributed by atoms with van der Waals surface area (Å²) < 4.78 is 4.63. The van der Waals surface area contributed by atoms with Crippen molar-refractivity contribution in [2.75, 3.05) is 0 Å². The summed E-state index contributed by atoms with van der Waals surface area (Å²) in [4.78, 5) is 9.48. The number of hydrogen-bond donors (Lipinski definition) is 2. The zero-order valence-electron chi connectivity index (χ0n) is 5.64. The van der Waals surface area contributed by atoms with Crippen LogP contribution in [-0.4, -0.2) is 15.1 Å². The van der Waals surface area contributed by atoms with E-state index >= 15 is 0 Å². The van der Waals surface area contributed by atoms with Gasteiger partial charge in [-0.1, -0.05) is 0 Å². The van der Waals surface area contributed by atoms with Crippen molar-refractivity contribution in [2.45, 2.75) is 0 Å². The first kappa shape index (κ1) is 6.71. The van der Waals surface area contributed by atoms with Gasteiger partial charge in [0, 0.05) is 6.07 Å². The SMILES string of the molecule is O=[N+]([O-])c1c(O)c(O)cc2c1O2. The number of benzene rings is 1. The molecule has 0 bridgehead atoms. The van der Waals surface area contributed by atoms with Crippen molar-refractivity contribution in [2.24, 2.45) is 0 Å². The molecule has 0 spiro atoms. The molecule has 1 aromatic rings. The molecule has 2 N–H and O–H groups in total. The Hall–Kier alpha value is -1.98. The van der Waals surface area contributed by atoms with Gasteiger partial charge in [-0.25, -0.2) is 0 Å². The predicted molar refractivity (Wildman–Crippen MR) is 36.5 cm³/mol. The molecule has 0 fully saturated rings. The summed E-state index contributed by atoms with van der Waals surface area (Å²) in [6.07, 6.45) is 0. The lowest BCUT2D eigenvalue weighted by molar-refractivity contribution is -0.385. The summed E-state index contributed by atoms with van der Waals surface area (Å²) in [5.74, 6) is -1.04. The van der Waals surface area contributed by atoms with Crippen LogP contribution in [0.5, 0.6) is 23.0 Å². The number of phenols is 2. The number of aromatic hydroxyl groups is 2. The van der Waals surface area contributed by atoms with Crippen LogP contribution >= 0.6 is 0 Å². The highest BCUT2D eigenvalue weighted by molar-refractivity contribution is 5.76. The fraction of sp³-hybridized carbons (Fsp3) is 0. The van der Waals surface area contributed by atoms with E-state index in [2.05, 4.69) is 4.74 Å². The first-order valence-corrected chi connectivity index (χ1v) is 3.02. The van der Waals surface area contributed by atoms with Gasteiger partial charge in [-0.2, -0.15) is 0 Å². The second-order valence-corrected chi connectivity index (χ2v) is 2.28. The Bertz CT molecular complexity index is 386. The van der Waals surface area contributed by atoms with E-state index in [0.717, 1.165) is 6.07 Å². The Labute approximate surface area is 65.8 Å². The molecule has 0 aromatic heterocycles. The third kappa shape index (κ3) is 0.685. The summed E-state index contributed by atoms with van der Waals surface area (Å²) in [6, 6.07) is 1.12. The highest BCUT2D eigenvalue weighted by Crippen LogP contribution is 2.59. The van der Waals surface area contributed by atoms with Crippen molar-refractivity contribution in [3.63, 3.8) is 0 Å². The van der Waals surface area contributed by atoms with Gasteiger partial charge in [0.1, 0.15) is 0 Å². The minimum Gasteiger partial charge on any atom is -0.504 e. The van der Waals surface area contributed by atoms with E-state index in [1.165, 1.54) is 0 Å². The Balaban J connectivity index is 2.70. The van der Waals surface area contributed by atoms with Crippen LogP contribution in [0.25, 0.3) is 0 Å². The molecule has 0 saturated heterocycles. The summed E-state index contributed by atoms with van der Waals surface area (Å²) in [5.41, 5.74) is -0.579. The molecule has 0 saturated carbocycles. The van der Waals surface area contributed by atoms with Gasteiger partial charge in [-0.05, 0) is 0 Å². The third-order valence-corrected chi connectivity index (χ3v) is 1.53. The molecule has 6 nitrogen and oxygen atoms in total. The number of nitrogens with zero attached hydrogens (tertiary/aromatic N) is 1. The molecule has 1 heterocycles. The number of hydrogen-bond acceptors (Lipinski definition) is 5. The maximum absolute atomic E-state index is 10.3. The molecule has 0 amide bonds. The van der Waals surface area contributed by atoms with Crippen molar-refractivity contribution in [1.82, 2.24) is 0 Å². The fourth-order valence-electron chi connectivity index (χ4n) is 0.935. The second kappa shape index (κ2) is 1.79. The molecule has 62 valence electrons. The number of rotatable bonds is 1. The van der Waals surface area contributed by atoms with Crippen LogP contribution in [0.2, 0.25) is 0 Å². The molecule has 1 aliphatic heterocycles. The molecule has 0 unspecified atom stereocenters. The maximum atomic E-state index is 10.3. The molecule has 1 aromatic carbocycles. The fourth-order valence-corrected chi connectivity index (χ4v) is 0.935. The quantitative estimate of drug-likeness (QED) is 0.288. The normalized spacial score (nSPS) is 11.7. The van der Waals surface area contributed by atoms with Crippen LogP contribution in [-0.2, 0) is 0 Å². The van der Waals surface area contributed by atoms with Crippen molar-refractivity contribution < 1.29 is 19.9 Å². The summed E-state index contributed by atoms with van der Waals surface area (Å²) in [5, 5.41) is 28.2. The van der Waals surface area contributed by atoms with Crippen LogP contribution in [0.1, 0.15) is 0 Å². The molecule has 12 heavy (non-hydrogen) atoms. The van der Waals surface area contributed by atoms with Crippen molar-refractivity contribution in [3.05, 3.63) is 16.2 Å². The topological polar surface area (TPSA) is 96.1 Å². The van der Waals surface area contributed by atoms with Crippen LogP contribution in [0, 0.1) is 10.1 Å². The molecule has 6 heteroatoms. The van der Waals surface area contributed by atoms with E-state index < -0.39 is 22.1 Å². The monoisotopic (exact) mass is 169 g/mol. The van der Waals surface area contributed by atoms with E-state index in [9.17, 15) is 10.1 Å². The Morgan fingerprint density at radius 2 is 2.17 bits per heavy atom. The number of ether oxygens (including phenoxy) is 1. The zero-order valence-corrected chi connectivity index (χ0v) is 5.64.